The van der Waals surface area contributed by atoms with Crippen molar-refractivity contribution in [1.29, 1.82) is 0 Å². The Morgan fingerprint density at radius 1 is 1.19 bits per heavy atom. The van der Waals surface area contributed by atoms with E-state index in [0.717, 1.165) is 0 Å². The number of rotatable bonds is 5. The Morgan fingerprint density at radius 3 is 2.70 bits per heavy atom. The summed E-state index contributed by atoms with van der Waals surface area (Å²) in [6.07, 6.45) is -0.335. The quantitative estimate of drug-likeness (QED) is 0.527. The molecule has 3 aromatic rings. The average molecular weight is 386 g/mol. The molecule has 0 bridgehead atoms. The van der Waals surface area contributed by atoms with Crippen LogP contribution in [-0.2, 0) is 9.59 Å². The number of nitrogen functional groups attached to an aromatic ring is 1. The molecule has 0 saturated heterocycles. The number of benzene rings is 2. The van der Waals surface area contributed by atoms with E-state index in [1.165, 1.54) is 0 Å². The molecule has 1 aromatic heterocycles. The Bertz CT molecular complexity index is 1040. The highest BCUT2D eigenvalue weighted by Gasteiger charge is 2.17. The summed E-state index contributed by atoms with van der Waals surface area (Å²) in [5.41, 5.74) is 13.6. The van der Waals surface area contributed by atoms with Crippen molar-refractivity contribution in [3.05, 3.63) is 47.5 Å². The van der Waals surface area contributed by atoms with Crippen LogP contribution in [-0.4, -0.2) is 33.0 Å². The molecule has 1 unspecified atom stereocenters. The largest absolute Gasteiger partial charge is 0.480 e. The first-order valence-corrected chi connectivity index (χ1v) is 8.33. The fourth-order valence-electron chi connectivity index (χ4n) is 2.58. The third-order valence-electron chi connectivity index (χ3n) is 3.82. The van der Waals surface area contributed by atoms with Crippen LogP contribution in [0.1, 0.15) is 6.42 Å². The number of halogens is 1. The molecule has 1 amide bonds. The predicted octanol–water partition coefficient (Wildman–Crippen LogP) is 2.27. The van der Waals surface area contributed by atoms with Gasteiger partial charge in [0, 0.05) is 21.7 Å². The molecule has 0 aliphatic carbocycles. The summed E-state index contributed by atoms with van der Waals surface area (Å²) in [7, 11) is 0. The summed E-state index contributed by atoms with van der Waals surface area (Å²) in [4.78, 5) is 31.2. The van der Waals surface area contributed by atoms with E-state index in [1.807, 2.05) is 0 Å². The molecule has 1 heterocycles. The Hall–Kier alpha value is -3.23. The van der Waals surface area contributed by atoms with Gasteiger partial charge in [0.05, 0.1) is 17.6 Å². The second-order valence-corrected chi connectivity index (χ2v) is 6.31. The number of hydrogen-bond donors (Lipinski definition) is 4. The lowest BCUT2D eigenvalue weighted by molar-refractivity contribution is -0.140. The third-order valence-corrected chi connectivity index (χ3v) is 4.05. The van der Waals surface area contributed by atoms with Gasteiger partial charge in [0.1, 0.15) is 6.04 Å². The Kier molecular flexibility index (Phi) is 5.20. The molecule has 0 saturated carbocycles. The van der Waals surface area contributed by atoms with E-state index >= 15 is 0 Å². The number of aromatic nitrogens is 2. The van der Waals surface area contributed by atoms with Gasteiger partial charge in [-0.1, -0.05) is 23.7 Å². The molecule has 8 nitrogen and oxygen atoms in total. The molecular formula is C18H16ClN5O3. The predicted molar refractivity (Wildman–Crippen MR) is 103 cm³/mol. The zero-order valence-corrected chi connectivity index (χ0v) is 14.8. The SMILES string of the molecule is Nc1nc(-c2cccc(NC(=O)CC(N)C(=O)O)c2)c2cc(Cl)ccc2n1. The number of carbonyl (C=O) groups excluding carboxylic acids is 1. The van der Waals surface area contributed by atoms with Crippen molar-refractivity contribution < 1.29 is 14.7 Å². The summed E-state index contributed by atoms with van der Waals surface area (Å²) in [5, 5.41) is 12.7. The number of nitrogens with zero attached hydrogens (tertiary/aromatic N) is 2. The first kappa shape index (κ1) is 18.6. The lowest BCUT2D eigenvalue weighted by atomic mass is 10.1. The van der Waals surface area contributed by atoms with E-state index in [9.17, 15) is 9.59 Å². The fraction of sp³-hybridized carbons (Fsp3) is 0.111. The molecule has 3 rings (SSSR count). The van der Waals surface area contributed by atoms with Crippen LogP contribution in [0.15, 0.2) is 42.5 Å². The second kappa shape index (κ2) is 7.56. The topological polar surface area (TPSA) is 144 Å². The third kappa shape index (κ3) is 4.30. The highest BCUT2D eigenvalue weighted by Crippen LogP contribution is 2.30. The maximum Gasteiger partial charge on any atom is 0.321 e. The van der Waals surface area contributed by atoms with Gasteiger partial charge in [-0.3, -0.25) is 9.59 Å². The molecule has 6 N–H and O–H groups in total. The number of nitrogens with one attached hydrogen (secondary N) is 1. The highest BCUT2D eigenvalue weighted by molar-refractivity contribution is 6.31. The smallest absolute Gasteiger partial charge is 0.321 e. The minimum absolute atomic E-state index is 0.113. The fourth-order valence-corrected chi connectivity index (χ4v) is 2.75. The molecule has 0 aliphatic rings. The van der Waals surface area contributed by atoms with E-state index in [1.54, 1.807) is 42.5 Å². The van der Waals surface area contributed by atoms with Crippen molar-refractivity contribution in [3.63, 3.8) is 0 Å². The molecule has 138 valence electrons. The lowest BCUT2D eigenvalue weighted by Crippen LogP contribution is -2.34. The van der Waals surface area contributed by atoms with Gasteiger partial charge in [-0.05, 0) is 30.3 Å². The summed E-state index contributed by atoms with van der Waals surface area (Å²) < 4.78 is 0. The monoisotopic (exact) mass is 385 g/mol. The van der Waals surface area contributed by atoms with Gasteiger partial charge in [-0.25, -0.2) is 9.97 Å². The van der Waals surface area contributed by atoms with Crippen LogP contribution >= 0.6 is 11.6 Å². The van der Waals surface area contributed by atoms with Crippen molar-refractivity contribution in [2.45, 2.75) is 12.5 Å². The lowest BCUT2D eigenvalue weighted by Gasteiger charge is -2.11. The van der Waals surface area contributed by atoms with Crippen LogP contribution in [0.5, 0.6) is 0 Å². The zero-order chi connectivity index (χ0) is 19.6. The van der Waals surface area contributed by atoms with E-state index in [-0.39, 0.29) is 12.4 Å². The molecule has 9 heteroatoms. The van der Waals surface area contributed by atoms with E-state index in [2.05, 4.69) is 15.3 Å². The number of hydrogen-bond acceptors (Lipinski definition) is 6. The number of nitrogens with two attached hydrogens (primary N) is 2. The van der Waals surface area contributed by atoms with Crippen molar-refractivity contribution in [1.82, 2.24) is 9.97 Å². The second-order valence-electron chi connectivity index (χ2n) is 5.87. The minimum atomic E-state index is -1.26. The maximum atomic E-state index is 12.0. The number of carbonyl (C=O) groups is 2. The van der Waals surface area contributed by atoms with Crippen LogP contribution < -0.4 is 16.8 Å². The maximum absolute atomic E-state index is 12.0. The van der Waals surface area contributed by atoms with Crippen LogP contribution in [0.4, 0.5) is 11.6 Å². The van der Waals surface area contributed by atoms with E-state index in [4.69, 9.17) is 28.2 Å². The number of carboxylic acid groups (broad SMARTS) is 1. The molecule has 0 aliphatic heterocycles. The van der Waals surface area contributed by atoms with Crippen LogP contribution in [0.3, 0.4) is 0 Å². The molecule has 0 radical (unpaired) electrons. The van der Waals surface area contributed by atoms with Gasteiger partial charge in [-0.2, -0.15) is 0 Å². The van der Waals surface area contributed by atoms with Gasteiger partial charge < -0.3 is 21.9 Å². The van der Waals surface area contributed by atoms with Gasteiger partial charge in [0.25, 0.3) is 0 Å². The van der Waals surface area contributed by atoms with Gasteiger partial charge in [0.2, 0.25) is 11.9 Å². The van der Waals surface area contributed by atoms with Crippen LogP contribution in [0, 0.1) is 0 Å². The Morgan fingerprint density at radius 2 is 1.96 bits per heavy atom. The Balaban J connectivity index is 1.94. The van der Waals surface area contributed by atoms with E-state index < -0.39 is 17.9 Å². The summed E-state index contributed by atoms with van der Waals surface area (Å²) >= 11 is 6.09. The van der Waals surface area contributed by atoms with Gasteiger partial charge in [-0.15, -0.1) is 0 Å². The van der Waals surface area contributed by atoms with E-state index in [0.29, 0.717) is 32.9 Å². The van der Waals surface area contributed by atoms with Gasteiger partial charge in [0.15, 0.2) is 0 Å². The average Bonchev–Trinajstić information content (AvgIpc) is 2.61. The van der Waals surface area contributed by atoms with Crippen molar-refractivity contribution in [3.8, 4) is 11.3 Å². The molecule has 0 spiro atoms. The first-order valence-electron chi connectivity index (χ1n) is 7.95. The summed E-state index contributed by atoms with van der Waals surface area (Å²) in [5.74, 6) is -1.63. The Labute approximate surface area is 159 Å². The standard InChI is InChI=1S/C18H16ClN5O3/c19-10-4-5-14-12(7-10)16(24-18(21)23-14)9-2-1-3-11(6-9)22-15(25)8-13(20)17(26)27/h1-7,13H,8,20H2,(H,22,25)(H,26,27)(H2,21,23,24). The number of carboxylic acids is 1. The molecular weight excluding hydrogens is 370 g/mol. The number of anilines is 2. The number of fused-ring (bicyclic) bond motifs is 1. The minimum Gasteiger partial charge on any atom is -0.480 e. The van der Waals surface area contributed by atoms with Crippen molar-refractivity contribution in [2.24, 2.45) is 5.73 Å². The molecule has 2 aromatic carbocycles. The summed E-state index contributed by atoms with van der Waals surface area (Å²) in [6.45, 7) is 0. The number of aliphatic carboxylic acids is 1. The van der Waals surface area contributed by atoms with Crippen molar-refractivity contribution >= 4 is 46.0 Å². The summed E-state index contributed by atoms with van der Waals surface area (Å²) in [6, 6.07) is 10.8. The zero-order valence-electron chi connectivity index (χ0n) is 14.0. The van der Waals surface area contributed by atoms with Crippen molar-refractivity contribution in [2.75, 3.05) is 11.1 Å². The molecule has 27 heavy (non-hydrogen) atoms. The normalized spacial score (nSPS) is 11.9. The first-order chi connectivity index (χ1) is 12.8. The van der Waals surface area contributed by atoms with Crippen LogP contribution in [0.2, 0.25) is 5.02 Å². The van der Waals surface area contributed by atoms with Crippen LogP contribution in [0.25, 0.3) is 22.2 Å². The van der Waals surface area contributed by atoms with Gasteiger partial charge >= 0.3 is 5.97 Å². The molecule has 1 atom stereocenters. The highest BCUT2D eigenvalue weighted by atomic mass is 35.5. The number of amides is 1. The molecule has 0 fully saturated rings.